The fourth-order valence-corrected chi connectivity index (χ4v) is 7.04. The van der Waals surface area contributed by atoms with E-state index >= 15 is 0 Å². The number of nitrogens with one attached hydrogen (secondary N) is 3. The molecule has 3 rings (SSSR count). The largest absolute Gasteiger partial charge is 0.444 e. The second-order valence-corrected chi connectivity index (χ2v) is 15.3. The first kappa shape index (κ1) is 34.6. The first-order valence-electron chi connectivity index (χ1n) is 15.0. The molecule has 1 unspecified atom stereocenters. The summed E-state index contributed by atoms with van der Waals surface area (Å²) in [6.45, 7) is 16.3. The van der Waals surface area contributed by atoms with E-state index in [0.29, 0.717) is 19.3 Å². The molecule has 0 aromatic heterocycles. The Morgan fingerprint density at radius 3 is 2.35 bits per heavy atom. The van der Waals surface area contributed by atoms with E-state index in [0.717, 1.165) is 12.8 Å². The smallest absolute Gasteiger partial charge is 0.408 e. The number of aliphatic hydroxyl groups is 1. The van der Waals surface area contributed by atoms with Gasteiger partial charge in [-0.2, -0.15) is 0 Å². The molecule has 13 heteroatoms. The lowest BCUT2D eigenvalue weighted by molar-refractivity contribution is -0.142. The highest BCUT2D eigenvalue weighted by molar-refractivity contribution is 7.91. The van der Waals surface area contributed by atoms with Crippen LogP contribution in [0.2, 0.25) is 0 Å². The van der Waals surface area contributed by atoms with Crippen molar-refractivity contribution in [1.29, 1.82) is 0 Å². The summed E-state index contributed by atoms with van der Waals surface area (Å²) in [6.07, 6.45) is 4.74. The summed E-state index contributed by atoms with van der Waals surface area (Å²) in [5.74, 6) is -2.74. The Morgan fingerprint density at radius 2 is 1.81 bits per heavy atom. The van der Waals surface area contributed by atoms with Gasteiger partial charge in [-0.05, 0) is 71.1 Å². The zero-order valence-corrected chi connectivity index (χ0v) is 26.7. The van der Waals surface area contributed by atoms with Crippen molar-refractivity contribution in [2.24, 2.45) is 17.8 Å². The Labute approximate surface area is 255 Å². The molecule has 1 saturated heterocycles. The van der Waals surface area contributed by atoms with Crippen LogP contribution in [0.3, 0.4) is 0 Å². The Kier molecular flexibility index (Phi) is 10.7. The Morgan fingerprint density at radius 1 is 1.16 bits per heavy atom. The lowest BCUT2D eigenvalue weighted by Gasteiger charge is -2.33. The molecule has 3 aliphatic rings. The number of nitrogens with zero attached hydrogens (tertiary/aromatic N) is 1. The monoisotopic (exact) mass is 624 g/mol. The summed E-state index contributed by atoms with van der Waals surface area (Å²) >= 11 is 0. The minimum atomic E-state index is -3.86. The summed E-state index contributed by atoms with van der Waals surface area (Å²) in [4.78, 5) is 54.8. The molecule has 4 N–H and O–H groups in total. The van der Waals surface area contributed by atoms with E-state index in [9.17, 15) is 32.7 Å². The fourth-order valence-electron chi connectivity index (χ4n) is 5.68. The number of carbonyl (C=O) groups is 4. The van der Waals surface area contributed by atoms with Crippen LogP contribution in [0.15, 0.2) is 25.3 Å². The number of ether oxygens (including phenoxy) is 1. The van der Waals surface area contributed by atoms with E-state index < -0.39 is 74.3 Å². The highest BCUT2D eigenvalue weighted by Gasteiger charge is 2.62. The van der Waals surface area contributed by atoms with Gasteiger partial charge >= 0.3 is 6.09 Å². The SMILES string of the molecule is C=CCCC(C)C[C@@H](C)[C@H](NC(=O)OC(C)(C)C)C(=O)N1C[C@H](O)C[C@H]1C(=O)N[C@]1(C(=O)NS(=O)(=O)C2CC2)C[C@H]1C=C. The van der Waals surface area contributed by atoms with Crippen molar-refractivity contribution in [3.8, 4) is 0 Å². The van der Waals surface area contributed by atoms with Gasteiger partial charge < -0.3 is 25.4 Å². The van der Waals surface area contributed by atoms with Gasteiger partial charge in [-0.1, -0.05) is 26.0 Å². The quantitative estimate of drug-likeness (QED) is 0.213. The normalized spacial score (nSPS) is 27.3. The van der Waals surface area contributed by atoms with Crippen LogP contribution >= 0.6 is 0 Å². The standard InChI is InChI=1S/C30H48N4O8S/c1-8-10-11-18(3)14-19(4)24(31-28(39)42-29(5,6)7)26(37)34-17-21(35)15-23(34)25(36)32-30(16-20(30)9-2)27(38)33-43(40,41)22-12-13-22/h8-9,18-24,35H,1-2,10-17H2,3-7H3,(H,31,39)(H,32,36)(H,33,38)/t18?,19-,20-,21-,23+,24+,30-/m1/s1. The van der Waals surface area contributed by atoms with Gasteiger partial charge in [0, 0.05) is 18.9 Å². The molecular formula is C30H48N4O8S. The number of allylic oxidation sites excluding steroid dienone is 1. The molecule has 43 heavy (non-hydrogen) atoms. The predicted molar refractivity (Wildman–Crippen MR) is 161 cm³/mol. The van der Waals surface area contributed by atoms with Crippen molar-refractivity contribution in [1.82, 2.24) is 20.3 Å². The summed E-state index contributed by atoms with van der Waals surface area (Å²) in [5.41, 5.74) is -2.33. The van der Waals surface area contributed by atoms with Gasteiger partial charge in [0.05, 0.1) is 11.4 Å². The minimum Gasteiger partial charge on any atom is -0.444 e. The third-order valence-electron chi connectivity index (χ3n) is 8.26. The molecule has 3 fully saturated rings. The maximum absolute atomic E-state index is 14.0. The number of rotatable bonds is 14. The molecule has 0 radical (unpaired) electrons. The van der Waals surface area contributed by atoms with E-state index in [1.165, 1.54) is 11.0 Å². The van der Waals surface area contributed by atoms with Crippen molar-refractivity contribution in [3.05, 3.63) is 25.3 Å². The van der Waals surface area contributed by atoms with E-state index in [2.05, 4.69) is 28.5 Å². The number of aliphatic hydroxyl groups excluding tert-OH is 1. The molecule has 1 heterocycles. The Balaban J connectivity index is 1.81. The van der Waals surface area contributed by atoms with Crippen LogP contribution in [-0.4, -0.2) is 83.4 Å². The molecule has 4 amide bonds. The highest BCUT2D eigenvalue weighted by Crippen LogP contribution is 2.45. The van der Waals surface area contributed by atoms with Gasteiger partial charge in [-0.25, -0.2) is 13.2 Å². The van der Waals surface area contributed by atoms with Crippen LogP contribution in [0, 0.1) is 17.8 Å². The van der Waals surface area contributed by atoms with Crippen molar-refractivity contribution in [3.63, 3.8) is 0 Å². The van der Waals surface area contributed by atoms with Gasteiger partial charge in [-0.15, -0.1) is 13.2 Å². The molecule has 2 aliphatic carbocycles. The van der Waals surface area contributed by atoms with Crippen LogP contribution in [0.25, 0.3) is 0 Å². The van der Waals surface area contributed by atoms with Crippen molar-refractivity contribution >= 4 is 33.8 Å². The molecular weight excluding hydrogens is 576 g/mol. The molecule has 0 bridgehead atoms. The number of hydrogen-bond acceptors (Lipinski definition) is 8. The third kappa shape index (κ3) is 8.81. The van der Waals surface area contributed by atoms with Crippen LogP contribution < -0.4 is 15.4 Å². The highest BCUT2D eigenvalue weighted by atomic mass is 32.2. The van der Waals surface area contributed by atoms with Gasteiger partial charge in [0.15, 0.2) is 0 Å². The average molecular weight is 625 g/mol. The van der Waals surface area contributed by atoms with E-state index in [4.69, 9.17) is 4.74 Å². The average Bonchev–Trinajstić information content (AvgIpc) is 3.81. The van der Waals surface area contributed by atoms with E-state index in [-0.39, 0.29) is 31.2 Å². The number of alkyl carbamates (subject to hydrolysis) is 1. The zero-order chi connectivity index (χ0) is 32.3. The summed E-state index contributed by atoms with van der Waals surface area (Å²) < 4.78 is 32.4. The summed E-state index contributed by atoms with van der Waals surface area (Å²) in [7, 11) is -3.86. The van der Waals surface area contributed by atoms with Gasteiger partial charge in [0.2, 0.25) is 21.8 Å². The number of carbonyl (C=O) groups excluding carboxylic acids is 4. The molecule has 242 valence electrons. The number of amides is 4. The maximum Gasteiger partial charge on any atom is 0.408 e. The molecule has 7 atom stereocenters. The fraction of sp³-hybridized carbons (Fsp3) is 0.733. The van der Waals surface area contributed by atoms with Crippen LogP contribution in [-0.2, 0) is 29.1 Å². The predicted octanol–water partition coefficient (Wildman–Crippen LogP) is 2.14. The molecule has 1 aliphatic heterocycles. The number of hydrogen-bond donors (Lipinski definition) is 4. The zero-order valence-electron chi connectivity index (χ0n) is 25.9. The summed E-state index contributed by atoms with van der Waals surface area (Å²) in [5, 5.41) is 15.3. The van der Waals surface area contributed by atoms with Crippen LogP contribution in [0.5, 0.6) is 0 Å². The second-order valence-electron chi connectivity index (χ2n) is 13.4. The first-order chi connectivity index (χ1) is 19.9. The minimum absolute atomic E-state index is 0.0856. The molecule has 2 saturated carbocycles. The topological polar surface area (TPSA) is 171 Å². The number of likely N-dealkylation sites (tertiary alicyclic amines) is 1. The third-order valence-corrected chi connectivity index (χ3v) is 10.1. The van der Waals surface area contributed by atoms with Crippen LogP contribution in [0.4, 0.5) is 4.79 Å². The Hall–Kier alpha value is -2.93. The van der Waals surface area contributed by atoms with Crippen molar-refractivity contribution in [2.45, 2.75) is 114 Å². The van der Waals surface area contributed by atoms with Crippen LogP contribution in [0.1, 0.15) is 79.6 Å². The lowest BCUT2D eigenvalue weighted by Crippen LogP contribution is -2.59. The van der Waals surface area contributed by atoms with Gasteiger partial charge in [-0.3, -0.25) is 19.1 Å². The van der Waals surface area contributed by atoms with E-state index in [1.807, 2.05) is 19.9 Å². The van der Waals surface area contributed by atoms with Crippen molar-refractivity contribution in [2.75, 3.05) is 6.54 Å². The van der Waals surface area contributed by atoms with Gasteiger partial charge in [0.25, 0.3) is 5.91 Å². The number of β-amino-alcohol motifs (C(OH)–C–C–N with tert-alkyl or cyclic N) is 1. The molecule has 0 aromatic carbocycles. The summed E-state index contributed by atoms with van der Waals surface area (Å²) in [6, 6.07) is -2.20. The maximum atomic E-state index is 14.0. The van der Waals surface area contributed by atoms with Gasteiger partial charge in [0.1, 0.15) is 23.2 Å². The number of sulfonamides is 1. The molecule has 0 aromatic rings. The first-order valence-corrected chi connectivity index (χ1v) is 16.6. The Bertz CT molecular complexity index is 1210. The molecule has 0 spiro atoms. The second kappa shape index (κ2) is 13.4. The lowest BCUT2D eigenvalue weighted by atomic mass is 9.88. The van der Waals surface area contributed by atoms with E-state index in [1.54, 1.807) is 20.8 Å². The molecule has 12 nitrogen and oxygen atoms in total. The van der Waals surface area contributed by atoms with Crippen molar-refractivity contribution < 1.29 is 37.4 Å².